The molecule has 8 heteroatoms. The van der Waals surface area contributed by atoms with Gasteiger partial charge in [0.1, 0.15) is 0 Å². The molecule has 0 bridgehead atoms. The molecule has 1 aromatic heterocycles. The lowest BCUT2D eigenvalue weighted by Crippen LogP contribution is -2.37. The second-order valence-electron chi connectivity index (χ2n) is 4.90. The molecular weight excluding hydrogens is 300 g/mol. The molecule has 0 saturated heterocycles. The summed E-state index contributed by atoms with van der Waals surface area (Å²) in [6.07, 6.45) is -0.0656. The average Bonchev–Trinajstić information content (AvgIpc) is 2.85. The van der Waals surface area contributed by atoms with E-state index >= 15 is 0 Å². The highest BCUT2D eigenvalue weighted by molar-refractivity contribution is 5.79. The number of phenols is 1. The summed E-state index contributed by atoms with van der Waals surface area (Å²) in [4.78, 5) is 23.4. The number of nitrogens with one attached hydrogen (secondary N) is 4. The van der Waals surface area contributed by atoms with E-state index in [0.717, 1.165) is 0 Å². The number of methoxy groups -OCH3 is 1. The zero-order valence-corrected chi connectivity index (χ0v) is 12.8. The van der Waals surface area contributed by atoms with Gasteiger partial charge in [0, 0.05) is 16.8 Å². The molecule has 0 atom stereocenters. The first-order chi connectivity index (χ1) is 10.9. The summed E-state index contributed by atoms with van der Waals surface area (Å²) in [5, 5.41) is 14.6. The van der Waals surface area contributed by atoms with E-state index in [9.17, 15) is 14.7 Å². The van der Waals surface area contributed by atoms with Crippen LogP contribution in [0.15, 0.2) is 29.6 Å². The lowest BCUT2D eigenvalue weighted by atomic mass is 10.1. The van der Waals surface area contributed by atoms with Gasteiger partial charge >= 0.3 is 0 Å². The van der Waals surface area contributed by atoms with Crippen molar-refractivity contribution in [2.75, 3.05) is 7.11 Å². The number of H-pyrrole nitrogens is 2. The Morgan fingerprint density at radius 1 is 1.35 bits per heavy atom. The van der Waals surface area contributed by atoms with Crippen LogP contribution < -0.4 is 21.1 Å². The number of hydrazine groups is 1. The monoisotopic (exact) mass is 318 g/mol. The van der Waals surface area contributed by atoms with Crippen LogP contribution in [0.25, 0.3) is 5.70 Å². The number of rotatable bonds is 6. The molecule has 23 heavy (non-hydrogen) atoms. The Hall–Kier alpha value is -3.16. The van der Waals surface area contributed by atoms with E-state index in [1.807, 2.05) is 0 Å². The maximum atomic E-state index is 11.9. The molecule has 2 aromatic rings. The van der Waals surface area contributed by atoms with Crippen molar-refractivity contribution in [3.05, 3.63) is 52.0 Å². The smallest absolute Gasteiger partial charge is 0.267 e. The second-order valence-corrected chi connectivity index (χ2v) is 4.90. The number of carbonyl (C=O) groups excluding carboxylic acids is 1. The van der Waals surface area contributed by atoms with Gasteiger partial charge in [-0.1, -0.05) is 6.58 Å². The molecule has 0 aliphatic rings. The number of ether oxygens (including phenoxy) is 1. The minimum absolute atomic E-state index is 0.00948. The van der Waals surface area contributed by atoms with Gasteiger partial charge in [-0.05, 0) is 25.1 Å². The standard InChI is InChI=1S/C15H18N4O4/c1-8(10-4-5-12(20)13(6-10)23-3)16-18-14(21)7-11-9(2)17-19-15(11)22/h4-6,16,20H,1,7H2,2-3H3,(H,18,21)(H2,17,19,22). The van der Waals surface area contributed by atoms with Gasteiger partial charge in [-0.15, -0.1) is 0 Å². The van der Waals surface area contributed by atoms with Crippen molar-refractivity contribution in [2.24, 2.45) is 0 Å². The molecule has 0 fully saturated rings. The van der Waals surface area contributed by atoms with E-state index < -0.39 is 0 Å². The van der Waals surface area contributed by atoms with Crippen LogP contribution in [0.4, 0.5) is 0 Å². The van der Waals surface area contributed by atoms with Crippen molar-refractivity contribution in [3.63, 3.8) is 0 Å². The van der Waals surface area contributed by atoms with Crippen LogP contribution in [0.2, 0.25) is 0 Å². The van der Waals surface area contributed by atoms with Crippen LogP contribution in [0.3, 0.4) is 0 Å². The minimum Gasteiger partial charge on any atom is -0.504 e. The van der Waals surface area contributed by atoms with Crippen molar-refractivity contribution in [2.45, 2.75) is 13.3 Å². The normalized spacial score (nSPS) is 10.2. The SMILES string of the molecule is C=C(NNC(=O)Cc1c(C)[nH][nH]c1=O)c1ccc(O)c(OC)c1. The molecule has 0 aliphatic heterocycles. The van der Waals surface area contributed by atoms with Crippen molar-refractivity contribution in [1.82, 2.24) is 21.0 Å². The van der Waals surface area contributed by atoms with E-state index in [4.69, 9.17) is 4.74 Å². The van der Waals surface area contributed by atoms with Gasteiger partial charge in [0.25, 0.3) is 5.56 Å². The first kappa shape index (κ1) is 16.2. The number of amides is 1. The number of aryl methyl sites for hydroxylation is 1. The zero-order valence-electron chi connectivity index (χ0n) is 12.8. The molecule has 1 heterocycles. The molecule has 8 nitrogen and oxygen atoms in total. The van der Waals surface area contributed by atoms with E-state index in [0.29, 0.717) is 28.3 Å². The van der Waals surface area contributed by atoms with Gasteiger partial charge in [-0.25, -0.2) is 0 Å². The Morgan fingerprint density at radius 3 is 2.70 bits per heavy atom. The first-order valence-electron chi connectivity index (χ1n) is 6.79. The third-order valence-corrected chi connectivity index (χ3v) is 3.31. The summed E-state index contributed by atoms with van der Waals surface area (Å²) < 4.78 is 5.01. The van der Waals surface area contributed by atoms with Gasteiger partial charge in [0.05, 0.1) is 19.2 Å². The number of aromatic nitrogens is 2. The van der Waals surface area contributed by atoms with Crippen molar-refractivity contribution in [1.29, 1.82) is 0 Å². The Labute approximate surface area is 132 Å². The van der Waals surface area contributed by atoms with E-state index in [-0.39, 0.29) is 23.6 Å². The molecule has 0 unspecified atom stereocenters. The molecule has 0 aliphatic carbocycles. The molecule has 0 spiro atoms. The lowest BCUT2D eigenvalue weighted by Gasteiger charge is -2.12. The molecule has 0 saturated carbocycles. The van der Waals surface area contributed by atoms with E-state index in [1.54, 1.807) is 19.1 Å². The lowest BCUT2D eigenvalue weighted by molar-refractivity contribution is -0.121. The Balaban J connectivity index is 1.96. The number of aromatic hydroxyl groups is 1. The number of benzene rings is 1. The molecule has 1 aromatic carbocycles. The molecule has 0 radical (unpaired) electrons. The van der Waals surface area contributed by atoms with Crippen LogP contribution in [0.5, 0.6) is 11.5 Å². The molecule has 2 rings (SSSR count). The maximum absolute atomic E-state index is 11.9. The molecule has 5 N–H and O–H groups in total. The quantitative estimate of drug-likeness (QED) is 0.499. The summed E-state index contributed by atoms with van der Waals surface area (Å²) in [5.74, 6) is -0.0772. The summed E-state index contributed by atoms with van der Waals surface area (Å²) >= 11 is 0. The van der Waals surface area contributed by atoms with E-state index in [1.165, 1.54) is 13.2 Å². The summed E-state index contributed by atoms with van der Waals surface area (Å²) in [5.41, 5.74) is 6.86. The molecule has 122 valence electrons. The van der Waals surface area contributed by atoms with Crippen LogP contribution in [0.1, 0.15) is 16.8 Å². The fourth-order valence-corrected chi connectivity index (χ4v) is 1.97. The maximum Gasteiger partial charge on any atom is 0.267 e. The number of aromatic amines is 2. The highest BCUT2D eigenvalue weighted by Gasteiger charge is 2.12. The van der Waals surface area contributed by atoms with Gasteiger partial charge in [0.15, 0.2) is 11.5 Å². The number of hydrogen-bond acceptors (Lipinski definition) is 5. The predicted molar refractivity (Wildman–Crippen MR) is 84.8 cm³/mol. The molecular formula is C15H18N4O4. The van der Waals surface area contributed by atoms with Crippen LogP contribution in [0, 0.1) is 6.92 Å². The van der Waals surface area contributed by atoms with Gasteiger partial charge < -0.3 is 14.9 Å². The van der Waals surface area contributed by atoms with Gasteiger partial charge in [-0.3, -0.25) is 25.5 Å². The highest BCUT2D eigenvalue weighted by atomic mass is 16.5. The third-order valence-electron chi connectivity index (χ3n) is 3.31. The Bertz CT molecular complexity index is 791. The zero-order chi connectivity index (χ0) is 17.0. The Kier molecular flexibility index (Phi) is 4.75. The van der Waals surface area contributed by atoms with Crippen molar-refractivity contribution >= 4 is 11.6 Å². The summed E-state index contributed by atoms with van der Waals surface area (Å²) in [6, 6.07) is 4.67. The predicted octanol–water partition coefficient (Wildman–Crippen LogP) is 0.560. The number of hydrogen-bond donors (Lipinski definition) is 5. The van der Waals surface area contributed by atoms with Crippen molar-refractivity contribution < 1.29 is 14.6 Å². The highest BCUT2D eigenvalue weighted by Crippen LogP contribution is 2.27. The fraction of sp³-hybridized carbons (Fsp3) is 0.200. The number of phenolic OH excluding ortho intramolecular Hbond substituents is 1. The Morgan fingerprint density at radius 2 is 2.09 bits per heavy atom. The summed E-state index contributed by atoms with van der Waals surface area (Å²) in [6.45, 7) is 5.50. The van der Waals surface area contributed by atoms with E-state index in [2.05, 4.69) is 27.6 Å². The van der Waals surface area contributed by atoms with Gasteiger partial charge in [-0.2, -0.15) is 0 Å². The average molecular weight is 318 g/mol. The first-order valence-corrected chi connectivity index (χ1v) is 6.79. The van der Waals surface area contributed by atoms with Crippen molar-refractivity contribution in [3.8, 4) is 11.5 Å². The fourth-order valence-electron chi connectivity index (χ4n) is 1.97. The summed E-state index contributed by atoms with van der Waals surface area (Å²) in [7, 11) is 1.44. The van der Waals surface area contributed by atoms with Crippen LogP contribution >= 0.6 is 0 Å². The van der Waals surface area contributed by atoms with Crippen LogP contribution in [-0.2, 0) is 11.2 Å². The largest absolute Gasteiger partial charge is 0.504 e. The second kappa shape index (κ2) is 6.73. The molecule has 1 amide bonds. The minimum atomic E-state index is -0.384. The van der Waals surface area contributed by atoms with Crippen LogP contribution in [-0.4, -0.2) is 28.3 Å². The topological polar surface area (TPSA) is 119 Å². The number of carbonyl (C=O) groups is 1. The van der Waals surface area contributed by atoms with Gasteiger partial charge in [0.2, 0.25) is 5.91 Å². The third kappa shape index (κ3) is 3.73.